The van der Waals surface area contributed by atoms with Crippen molar-refractivity contribution in [1.29, 1.82) is 0 Å². The summed E-state index contributed by atoms with van der Waals surface area (Å²) in [5, 5.41) is 0. The number of aryl methyl sites for hydroxylation is 2. The Kier molecular flexibility index (Phi) is 14.3. The normalized spacial score (nSPS) is 10.9. The van der Waals surface area contributed by atoms with Crippen LogP contribution in [0.4, 0.5) is 11.7 Å². The summed E-state index contributed by atoms with van der Waals surface area (Å²) in [7, 11) is -15.7. The first-order valence-corrected chi connectivity index (χ1v) is 13.2. The van der Waals surface area contributed by atoms with E-state index in [1.54, 1.807) is 0 Å². The van der Waals surface area contributed by atoms with Gasteiger partial charge in [0.1, 0.15) is 0 Å². The fourth-order valence-corrected chi connectivity index (χ4v) is 3.48. The molecule has 0 bridgehead atoms. The molecular formula is C14H16F3IO9S3. The van der Waals surface area contributed by atoms with Crippen molar-refractivity contribution in [2.24, 2.45) is 0 Å². The average molecular weight is 608 g/mol. The van der Waals surface area contributed by atoms with E-state index in [1.165, 1.54) is 18.3 Å². The van der Waals surface area contributed by atoms with Crippen molar-refractivity contribution in [1.82, 2.24) is 0 Å². The first-order valence-electron chi connectivity index (χ1n) is 7.02. The van der Waals surface area contributed by atoms with E-state index in [9.17, 15) is 11.7 Å². The zero-order valence-corrected chi connectivity index (χ0v) is 19.7. The van der Waals surface area contributed by atoms with Crippen molar-refractivity contribution in [3.8, 4) is 0 Å². The van der Waals surface area contributed by atoms with Crippen molar-refractivity contribution in [2.45, 2.75) is 13.8 Å². The zero-order valence-electron chi connectivity index (χ0n) is 15.1. The van der Waals surface area contributed by atoms with Crippen molar-refractivity contribution >= 4 is 31.5 Å². The van der Waals surface area contributed by atoms with Gasteiger partial charge in [0.15, 0.2) is 7.14 Å². The SMILES string of the molecule is Cc1ccc([I+]c2ccc(C)cc2)cc1.O=S(=O)(O)F.O=S(=O)(O)F.O=S(=O)([O-])F. The highest BCUT2D eigenvalue weighted by Crippen LogP contribution is 1.95. The highest BCUT2D eigenvalue weighted by molar-refractivity contribution is 7.80. The van der Waals surface area contributed by atoms with E-state index < -0.39 is 31.5 Å². The van der Waals surface area contributed by atoms with E-state index in [1.807, 2.05) is 0 Å². The molecule has 2 rings (SSSR count). The largest absolute Gasteiger partial charge is 0.722 e. The number of hydrogen-bond donors (Lipinski definition) is 2. The molecule has 2 aromatic carbocycles. The summed E-state index contributed by atoms with van der Waals surface area (Å²) >= 11 is 0.00313. The number of rotatable bonds is 2. The van der Waals surface area contributed by atoms with Crippen molar-refractivity contribution in [3.05, 3.63) is 66.8 Å². The highest BCUT2D eigenvalue weighted by Gasteiger charge is 2.13. The molecule has 0 amide bonds. The Morgan fingerprint density at radius 1 is 0.667 bits per heavy atom. The molecule has 16 heteroatoms. The predicted molar refractivity (Wildman–Crippen MR) is 95.9 cm³/mol. The molecule has 2 N–H and O–H groups in total. The summed E-state index contributed by atoms with van der Waals surface area (Å²) in [4.78, 5) is 0. The van der Waals surface area contributed by atoms with Gasteiger partial charge >= 0.3 is 42.2 Å². The first-order chi connectivity index (χ1) is 13.2. The molecule has 2 aromatic rings. The quantitative estimate of drug-likeness (QED) is 0.256. The lowest BCUT2D eigenvalue weighted by Crippen LogP contribution is -3.61. The third kappa shape index (κ3) is 34.2. The molecule has 172 valence electrons. The molecule has 30 heavy (non-hydrogen) atoms. The standard InChI is InChI=1S/C14H14I.3FHO3S/c1-11-3-7-13(8-4-11)15-14-9-5-12(2)6-10-14;3*1-5(2,3)4/h3-10H,1-2H3;3*(H,2,3,4)/q+1;;;/p-1. The fourth-order valence-electron chi connectivity index (χ4n) is 1.32. The van der Waals surface area contributed by atoms with E-state index in [-0.39, 0.29) is 21.2 Å². The smallest absolute Gasteiger partial charge is 0.435 e. The Hall–Kier alpha value is -1.31. The summed E-state index contributed by atoms with van der Waals surface area (Å²) in [5.41, 5.74) is 2.68. The van der Waals surface area contributed by atoms with E-state index in [4.69, 9.17) is 38.9 Å². The van der Waals surface area contributed by atoms with Gasteiger partial charge in [0, 0.05) is 0 Å². The predicted octanol–water partition coefficient (Wildman–Crippen LogP) is -0.635. The summed E-state index contributed by atoms with van der Waals surface area (Å²) in [5.74, 6) is 0. The van der Waals surface area contributed by atoms with Crippen molar-refractivity contribution in [3.63, 3.8) is 0 Å². The van der Waals surface area contributed by atoms with Crippen molar-refractivity contribution < 1.29 is 71.8 Å². The first kappa shape index (κ1) is 30.9. The highest BCUT2D eigenvalue weighted by atomic mass is 127. The zero-order chi connectivity index (χ0) is 24.2. The van der Waals surface area contributed by atoms with Crippen LogP contribution >= 0.6 is 0 Å². The van der Waals surface area contributed by atoms with Crippen LogP contribution in [0.5, 0.6) is 0 Å². The molecule has 0 fully saturated rings. The maximum absolute atomic E-state index is 10.2. The van der Waals surface area contributed by atoms with Gasteiger partial charge < -0.3 is 4.55 Å². The summed E-state index contributed by atoms with van der Waals surface area (Å²) in [6.45, 7) is 4.27. The molecule has 0 saturated carbocycles. The molecule has 0 spiro atoms. The van der Waals surface area contributed by atoms with Crippen LogP contribution in [0.1, 0.15) is 11.1 Å². The summed E-state index contributed by atoms with van der Waals surface area (Å²) < 4.78 is 106. The van der Waals surface area contributed by atoms with Gasteiger partial charge in [-0.05, 0) is 38.1 Å². The Morgan fingerprint density at radius 2 is 0.833 bits per heavy atom. The minimum atomic E-state index is -5.42. The van der Waals surface area contributed by atoms with Crippen LogP contribution in [-0.2, 0) is 31.5 Å². The Bertz CT molecular complexity index is 933. The lowest BCUT2D eigenvalue weighted by Gasteiger charge is -1.90. The third-order valence-corrected chi connectivity index (χ3v) is 4.92. The van der Waals surface area contributed by atoms with E-state index in [2.05, 4.69) is 62.4 Å². The van der Waals surface area contributed by atoms with Crippen LogP contribution in [0.25, 0.3) is 0 Å². The van der Waals surface area contributed by atoms with E-state index >= 15 is 0 Å². The molecule has 0 radical (unpaired) electrons. The van der Waals surface area contributed by atoms with Crippen LogP contribution in [0.15, 0.2) is 48.5 Å². The molecule has 0 unspecified atom stereocenters. The minimum absolute atomic E-state index is 0.00313. The van der Waals surface area contributed by atoms with Gasteiger partial charge in [-0.1, -0.05) is 43.2 Å². The maximum atomic E-state index is 10.2. The van der Waals surface area contributed by atoms with Crippen LogP contribution < -0.4 is 21.2 Å². The monoisotopic (exact) mass is 608 g/mol. The molecule has 0 aliphatic rings. The van der Waals surface area contributed by atoms with Crippen LogP contribution in [-0.4, -0.2) is 38.9 Å². The second-order valence-corrected chi connectivity index (χ2v) is 10.4. The average Bonchev–Trinajstić information content (AvgIpc) is 2.47. The lowest BCUT2D eigenvalue weighted by atomic mass is 10.2. The van der Waals surface area contributed by atoms with E-state index in [0.717, 1.165) is 0 Å². The molecule has 0 aliphatic carbocycles. The minimum Gasteiger partial charge on any atom is -0.722 e. The summed E-state index contributed by atoms with van der Waals surface area (Å²) in [6.07, 6.45) is 0. The Balaban J connectivity index is 0. The molecule has 9 nitrogen and oxygen atoms in total. The van der Waals surface area contributed by atoms with Crippen LogP contribution in [0.3, 0.4) is 0 Å². The van der Waals surface area contributed by atoms with Crippen LogP contribution in [0.2, 0.25) is 0 Å². The third-order valence-electron chi connectivity index (χ3n) is 2.24. The van der Waals surface area contributed by atoms with Crippen molar-refractivity contribution in [2.75, 3.05) is 0 Å². The lowest BCUT2D eigenvalue weighted by molar-refractivity contribution is -0.597. The topological polar surface area (TPSA) is 166 Å². The van der Waals surface area contributed by atoms with Gasteiger partial charge in [0.05, 0.1) is 0 Å². The van der Waals surface area contributed by atoms with Gasteiger partial charge in [0.2, 0.25) is 0 Å². The van der Waals surface area contributed by atoms with Gasteiger partial charge in [0.25, 0.3) is 10.5 Å². The molecule has 0 aliphatic heterocycles. The molecular weight excluding hydrogens is 592 g/mol. The number of hydrogen-bond acceptors (Lipinski definition) is 7. The second kappa shape index (κ2) is 13.9. The van der Waals surface area contributed by atoms with Gasteiger partial charge in [-0.15, -0.1) is 3.89 Å². The summed E-state index contributed by atoms with van der Waals surface area (Å²) in [6, 6.07) is 17.8. The number of halogens is 4. The molecule has 0 aromatic heterocycles. The van der Waals surface area contributed by atoms with E-state index in [0.29, 0.717) is 0 Å². The molecule has 0 atom stereocenters. The van der Waals surface area contributed by atoms with Gasteiger partial charge in [-0.25, -0.2) is 8.42 Å². The fraction of sp³-hybridized carbons (Fsp3) is 0.143. The Morgan fingerprint density at radius 3 is 1.00 bits per heavy atom. The van der Waals surface area contributed by atoms with Gasteiger partial charge in [-0.2, -0.15) is 16.8 Å². The molecule has 0 heterocycles. The Labute approximate surface area is 183 Å². The second-order valence-electron chi connectivity index (χ2n) is 4.90. The van der Waals surface area contributed by atoms with Gasteiger partial charge in [-0.3, -0.25) is 9.11 Å². The molecule has 0 saturated heterocycles. The maximum Gasteiger partial charge on any atom is 0.435 e. The number of benzene rings is 2. The van der Waals surface area contributed by atoms with Crippen LogP contribution in [0, 0.1) is 21.0 Å².